The first-order valence-electron chi connectivity index (χ1n) is 6.29. The SMILES string of the molecule is CC1C[CH-]C(C(=O)O)C1.OOCC1[CH-]CCC1.[Fe+2]. The maximum atomic E-state index is 10.3. The largest absolute Gasteiger partial charge is 2.00 e. The van der Waals surface area contributed by atoms with Crippen LogP contribution in [0.5, 0.6) is 0 Å². The van der Waals surface area contributed by atoms with E-state index in [4.69, 9.17) is 10.4 Å². The minimum Gasteiger partial charge on any atom is -0.483 e. The Bertz CT molecular complexity index is 229. The third kappa shape index (κ3) is 6.74. The van der Waals surface area contributed by atoms with Gasteiger partial charge >= 0.3 is 17.1 Å². The molecule has 0 spiro atoms. The fourth-order valence-corrected chi connectivity index (χ4v) is 2.32. The summed E-state index contributed by atoms with van der Waals surface area (Å²) in [5.41, 5.74) is 0. The first-order valence-corrected chi connectivity index (χ1v) is 6.29. The first kappa shape index (κ1) is 17.9. The van der Waals surface area contributed by atoms with E-state index in [1.165, 1.54) is 19.3 Å². The van der Waals surface area contributed by atoms with E-state index >= 15 is 0 Å². The van der Waals surface area contributed by atoms with Crippen molar-refractivity contribution in [3.05, 3.63) is 12.8 Å². The van der Waals surface area contributed by atoms with Gasteiger partial charge in [0.2, 0.25) is 0 Å². The summed E-state index contributed by atoms with van der Waals surface area (Å²) in [4.78, 5) is 14.3. The van der Waals surface area contributed by atoms with E-state index in [2.05, 4.69) is 18.2 Å². The van der Waals surface area contributed by atoms with Gasteiger partial charge in [-0.05, 0) is 0 Å². The van der Waals surface area contributed by atoms with Gasteiger partial charge in [-0.1, -0.05) is 38.0 Å². The van der Waals surface area contributed by atoms with Crippen LogP contribution in [0.3, 0.4) is 0 Å². The molecule has 2 saturated carbocycles. The predicted molar refractivity (Wildman–Crippen MR) is 64.0 cm³/mol. The van der Waals surface area contributed by atoms with Crippen LogP contribution in [-0.2, 0) is 26.8 Å². The Kier molecular flexibility index (Phi) is 9.74. The van der Waals surface area contributed by atoms with Crippen LogP contribution in [-0.4, -0.2) is 22.9 Å². The van der Waals surface area contributed by atoms with Crippen LogP contribution >= 0.6 is 0 Å². The van der Waals surface area contributed by atoms with E-state index in [9.17, 15) is 4.79 Å². The van der Waals surface area contributed by atoms with Gasteiger partial charge in [-0.2, -0.15) is 12.8 Å². The maximum absolute atomic E-state index is 10.3. The molecular weight excluding hydrogens is 276 g/mol. The summed E-state index contributed by atoms with van der Waals surface area (Å²) >= 11 is 0. The van der Waals surface area contributed by atoms with Gasteiger partial charge in [0, 0.05) is 0 Å². The second kappa shape index (κ2) is 9.79. The second-order valence-electron chi connectivity index (χ2n) is 4.98. The Morgan fingerprint density at radius 1 is 1.44 bits per heavy atom. The monoisotopic (exact) mass is 298 g/mol. The summed E-state index contributed by atoms with van der Waals surface area (Å²) in [7, 11) is 0. The molecular formula is C13H22FeO4. The number of aliphatic carboxylic acids is 1. The first-order chi connectivity index (χ1) is 8.13. The fraction of sp³-hybridized carbons (Fsp3) is 0.769. The zero-order valence-electron chi connectivity index (χ0n) is 10.7. The molecule has 2 aliphatic carbocycles. The zero-order chi connectivity index (χ0) is 12.7. The Hall–Kier alpha value is -0.0905. The van der Waals surface area contributed by atoms with Gasteiger partial charge in [-0.15, -0.1) is 5.92 Å². The van der Waals surface area contributed by atoms with Gasteiger partial charge in [0.1, 0.15) is 0 Å². The van der Waals surface area contributed by atoms with Crippen LogP contribution in [0.15, 0.2) is 0 Å². The molecule has 0 radical (unpaired) electrons. The van der Waals surface area contributed by atoms with Crippen molar-refractivity contribution in [1.29, 1.82) is 0 Å². The van der Waals surface area contributed by atoms with Crippen molar-refractivity contribution < 1.29 is 37.1 Å². The molecule has 0 aromatic carbocycles. The average molecular weight is 298 g/mol. The van der Waals surface area contributed by atoms with E-state index in [1.54, 1.807) is 0 Å². The van der Waals surface area contributed by atoms with Crippen molar-refractivity contribution in [3.8, 4) is 0 Å². The number of rotatable bonds is 3. The van der Waals surface area contributed by atoms with Crippen LogP contribution in [0.1, 0.15) is 39.0 Å². The van der Waals surface area contributed by atoms with E-state index in [-0.39, 0.29) is 23.0 Å². The molecule has 0 bridgehead atoms. The summed E-state index contributed by atoms with van der Waals surface area (Å²) in [6.07, 6.45) is 9.53. The molecule has 4 nitrogen and oxygen atoms in total. The van der Waals surface area contributed by atoms with Crippen molar-refractivity contribution >= 4 is 5.97 Å². The number of hydrogen-bond donors (Lipinski definition) is 2. The molecule has 0 aromatic rings. The number of carbonyl (C=O) groups is 1. The molecule has 106 valence electrons. The molecule has 2 fully saturated rings. The molecule has 18 heavy (non-hydrogen) atoms. The van der Waals surface area contributed by atoms with E-state index in [1.807, 2.05) is 6.42 Å². The summed E-state index contributed by atoms with van der Waals surface area (Å²) in [5.74, 6) is 0.255. The topological polar surface area (TPSA) is 66.8 Å². The third-order valence-corrected chi connectivity index (χ3v) is 3.36. The van der Waals surface area contributed by atoms with Crippen molar-refractivity contribution in [2.45, 2.75) is 39.0 Å². The molecule has 2 rings (SSSR count). The van der Waals surface area contributed by atoms with E-state index in [0.29, 0.717) is 18.4 Å². The summed E-state index contributed by atoms with van der Waals surface area (Å²) < 4.78 is 0. The summed E-state index contributed by atoms with van der Waals surface area (Å²) in [6.45, 7) is 2.57. The third-order valence-electron chi connectivity index (χ3n) is 3.36. The average Bonchev–Trinajstić information content (AvgIpc) is 2.90. The van der Waals surface area contributed by atoms with Gasteiger partial charge in [0.15, 0.2) is 0 Å². The van der Waals surface area contributed by atoms with Gasteiger partial charge < -0.3 is 17.9 Å². The van der Waals surface area contributed by atoms with Gasteiger partial charge in [0.05, 0.1) is 6.61 Å². The molecule has 0 aromatic heterocycles. The molecule has 0 heterocycles. The predicted octanol–water partition coefficient (Wildman–Crippen LogP) is 2.80. The van der Waals surface area contributed by atoms with Crippen molar-refractivity contribution in [1.82, 2.24) is 0 Å². The van der Waals surface area contributed by atoms with E-state index < -0.39 is 5.97 Å². The van der Waals surface area contributed by atoms with Crippen LogP contribution in [0, 0.1) is 30.6 Å². The number of hydrogen-bond acceptors (Lipinski definition) is 3. The zero-order valence-corrected chi connectivity index (χ0v) is 11.8. The molecule has 0 amide bonds. The van der Waals surface area contributed by atoms with Crippen LogP contribution in [0.4, 0.5) is 0 Å². The van der Waals surface area contributed by atoms with Gasteiger partial charge in [-0.3, -0.25) is 10.1 Å². The molecule has 2 aliphatic rings. The maximum Gasteiger partial charge on any atom is 2.00 e. The minimum absolute atomic E-state index is 0. The van der Waals surface area contributed by atoms with Crippen molar-refractivity contribution in [2.24, 2.45) is 17.8 Å². The Balaban J connectivity index is 0.000000306. The normalized spacial score (nSPS) is 30.2. The molecule has 0 saturated heterocycles. The van der Waals surface area contributed by atoms with Crippen LogP contribution in [0.2, 0.25) is 0 Å². The minimum atomic E-state index is -0.667. The Labute approximate surface area is 120 Å². The quantitative estimate of drug-likeness (QED) is 0.364. The molecule has 5 heteroatoms. The Morgan fingerprint density at radius 3 is 2.50 bits per heavy atom. The smallest absolute Gasteiger partial charge is 0.483 e. The van der Waals surface area contributed by atoms with Crippen molar-refractivity contribution in [2.75, 3.05) is 6.61 Å². The second-order valence-corrected chi connectivity index (χ2v) is 4.98. The fourth-order valence-electron chi connectivity index (χ4n) is 2.32. The summed E-state index contributed by atoms with van der Waals surface area (Å²) in [6, 6.07) is 0. The summed E-state index contributed by atoms with van der Waals surface area (Å²) in [5, 5.41) is 16.5. The number of carboxylic acid groups (broad SMARTS) is 1. The Morgan fingerprint density at radius 2 is 2.17 bits per heavy atom. The van der Waals surface area contributed by atoms with Crippen LogP contribution in [0.25, 0.3) is 0 Å². The van der Waals surface area contributed by atoms with Gasteiger partial charge in [0.25, 0.3) is 5.97 Å². The van der Waals surface area contributed by atoms with Crippen molar-refractivity contribution in [3.63, 3.8) is 0 Å². The molecule has 2 N–H and O–H groups in total. The standard InChI is InChI=1S/C7H11O2.C6H11O2.Fe/c1-5-2-3-6(4-5)7(8)9;7-8-5-6-3-1-2-4-6;/h3,5-6H,2,4H2,1H3,(H,8,9);3,6-7H,1-2,4-5H2;/q2*-1;+2. The molecule has 0 aliphatic heterocycles. The molecule has 3 atom stereocenters. The molecule has 3 unspecified atom stereocenters. The van der Waals surface area contributed by atoms with Crippen LogP contribution < -0.4 is 0 Å². The number of carboxylic acids is 1. The van der Waals surface area contributed by atoms with Gasteiger partial charge in [-0.25, -0.2) is 4.89 Å². The van der Waals surface area contributed by atoms with E-state index in [0.717, 1.165) is 12.8 Å².